The molecule has 0 amide bonds. The summed E-state index contributed by atoms with van der Waals surface area (Å²) in [5.74, 6) is 1.68. The Kier molecular flexibility index (Phi) is 6.60. The molecule has 3 heteroatoms. The Morgan fingerprint density at radius 1 is 0.514 bits per heavy atom. The van der Waals surface area contributed by atoms with E-state index in [0.717, 1.165) is 11.5 Å². The van der Waals surface area contributed by atoms with Crippen LogP contribution in [0.1, 0.15) is 18.1 Å². The Balaban J connectivity index is 1.75. The number of para-hydroxylation sites is 1. The Morgan fingerprint density at radius 3 is 1.37 bits per heavy atom. The zero-order valence-electron chi connectivity index (χ0n) is 19.7. The number of ether oxygens (including phenoxy) is 1. The van der Waals surface area contributed by atoms with Crippen LogP contribution in [-0.2, 0) is 0 Å². The third-order valence-corrected chi connectivity index (χ3v) is 18.0. The second-order valence-corrected chi connectivity index (χ2v) is 17.6. The molecular weight excluding hydrogens is 511 g/mol. The molecule has 0 aliphatic carbocycles. The van der Waals surface area contributed by atoms with E-state index in [1.807, 2.05) is 36.4 Å². The van der Waals surface area contributed by atoms with E-state index in [4.69, 9.17) is 4.74 Å². The van der Waals surface area contributed by atoms with Crippen LogP contribution in [0.25, 0.3) is 0 Å². The van der Waals surface area contributed by atoms with Gasteiger partial charge in [-0.15, -0.1) is 0 Å². The minimum absolute atomic E-state index is 0.132. The summed E-state index contributed by atoms with van der Waals surface area (Å²) in [6.45, 7) is 2.35. The Hall–Kier alpha value is -3.19. The molecule has 5 aromatic carbocycles. The SMILES string of the molecule is CC(c1cccc(Oc2ccccc2)c1)P(Br)(c1ccccc1)(c1ccccc1)c1ccccc1. The van der Waals surface area contributed by atoms with Crippen molar-refractivity contribution in [3.63, 3.8) is 0 Å². The van der Waals surface area contributed by atoms with Gasteiger partial charge in [0, 0.05) is 0 Å². The van der Waals surface area contributed by atoms with Gasteiger partial charge >= 0.3 is 217 Å². The second-order valence-electron chi connectivity index (χ2n) is 8.74. The summed E-state index contributed by atoms with van der Waals surface area (Å²) in [5, 5.41) is 0.759. The van der Waals surface area contributed by atoms with Crippen molar-refractivity contribution in [3.05, 3.63) is 151 Å². The number of halogens is 1. The normalized spacial score (nSPS) is 13.4. The molecule has 0 aliphatic heterocycles. The summed E-state index contributed by atoms with van der Waals surface area (Å²) in [4.78, 5) is 0. The monoisotopic (exact) mass is 538 g/mol. The molecule has 1 nitrogen and oxygen atoms in total. The molecule has 0 spiro atoms. The summed E-state index contributed by atoms with van der Waals surface area (Å²) in [6.07, 6.45) is 0. The fourth-order valence-electron chi connectivity index (χ4n) is 5.02. The predicted molar refractivity (Wildman–Crippen MR) is 155 cm³/mol. The van der Waals surface area contributed by atoms with E-state index < -0.39 is 5.31 Å². The zero-order valence-corrected chi connectivity index (χ0v) is 22.1. The molecule has 0 N–H and O–H groups in total. The molecule has 174 valence electrons. The van der Waals surface area contributed by atoms with Crippen molar-refractivity contribution in [2.45, 2.75) is 12.6 Å². The van der Waals surface area contributed by atoms with Crippen molar-refractivity contribution in [2.75, 3.05) is 0 Å². The number of hydrogen-bond donors (Lipinski definition) is 0. The van der Waals surface area contributed by atoms with Crippen molar-refractivity contribution < 1.29 is 4.74 Å². The molecule has 0 aliphatic rings. The third-order valence-electron chi connectivity index (χ3n) is 6.83. The number of rotatable bonds is 7. The molecule has 5 rings (SSSR count). The van der Waals surface area contributed by atoms with Crippen LogP contribution in [0.3, 0.4) is 0 Å². The minimum atomic E-state index is -3.15. The van der Waals surface area contributed by atoms with Gasteiger partial charge in [-0.25, -0.2) is 0 Å². The van der Waals surface area contributed by atoms with Crippen molar-refractivity contribution >= 4 is 36.7 Å². The van der Waals surface area contributed by atoms with E-state index in [1.54, 1.807) is 0 Å². The number of benzene rings is 5. The molecule has 1 atom stereocenters. The average Bonchev–Trinajstić information content (AvgIpc) is 2.94. The average molecular weight is 539 g/mol. The van der Waals surface area contributed by atoms with Crippen LogP contribution < -0.4 is 20.7 Å². The summed E-state index contributed by atoms with van der Waals surface area (Å²) in [7, 11) is 0. The third kappa shape index (κ3) is 4.12. The van der Waals surface area contributed by atoms with Crippen LogP contribution in [0.15, 0.2) is 146 Å². The van der Waals surface area contributed by atoms with Crippen molar-refractivity contribution in [2.24, 2.45) is 0 Å². The van der Waals surface area contributed by atoms with Gasteiger partial charge < -0.3 is 0 Å². The van der Waals surface area contributed by atoms with Gasteiger partial charge in [0.05, 0.1) is 0 Å². The van der Waals surface area contributed by atoms with Gasteiger partial charge in [-0.2, -0.15) is 0 Å². The van der Waals surface area contributed by atoms with Crippen molar-refractivity contribution in [3.8, 4) is 11.5 Å². The van der Waals surface area contributed by atoms with E-state index in [0.29, 0.717) is 0 Å². The Labute approximate surface area is 216 Å². The summed E-state index contributed by atoms with van der Waals surface area (Å²) in [6, 6.07) is 51.3. The van der Waals surface area contributed by atoms with Crippen LogP contribution >= 0.6 is 20.8 Å². The first-order valence-electron chi connectivity index (χ1n) is 11.8. The molecule has 1 unspecified atom stereocenters. The van der Waals surface area contributed by atoms with Crippen LogP contribution in [0, 0.1) is 0 Å². The molecule has 0 fully saturated rings. The second kappa shape index (κ2) is 9.82. The molecule has 0 heterocycles. The summed E-state index contributed by atoms with van der Waals surface area (Å²) in [5.41, 5.74) is 1.36. The molecule has 0 bridgehead atoms. The van der Waals surface area contributed by atoms with E-state index in [2.05, 4.69) is 132 Å². The van der Waals surface area contributed by atoms with E-state index in [9.17, 15) is 0 Å². The van der Waals surface area contributed by atoms with Gasteiger partial charge in [0.2, 0.25) is 0 Å². The van der Waals surface area contributed by atoms with E-state index in [1.165, 1.54) is 21.5 Å². The zero-order chi connectivity index (χ0) is 24.2. The topological polar surface area (TPSA) is 9.23 Å². The Morgan fingerprint density at radius 2 is 0.914 bits per heavy atom. The Bertz CT molecular complexity index is 1290. The summed E-state index contributed by atoms with van der Waals surface area (Å²) >= 11 is 4.60. The van der Waals surface area contributed by atoms with Gasteiger partial charge in [0.15, 0.2) is 0 Å². The fourth-order valence-corrected chi connectivity index (χ4v) is 13.1. The maximum atomic E-state index is 6.23. The van der Waals surface area contributed by atoms with Crippen LogP contribution in [0.4, 0.5) is 0 Å². The van der Waals surface area contributed by atoms with Crippen molar-refractivity contribution in [1.82, 2.24) is 0 Å². The molecule has 0 aromatic heterocycles. The van der Waals surface area contributed by atoms with Crippen molar-refractivity contribution in [1.29, 1.82) is 0 Å². The van der Waals surface area contributed by atoms with Gasteiger partial charge in [-0.1, -0.05) is 0 Å². The molecule has 0 radical (unpaired) electrons. The molecule has 35 heavy (non-hydrogen) atoms. The standard InChI is InChI=1S/C32H28BrOP/c1-26(27-15-14-18-29(25-27)34-28-16-6-2-7-17-28)35(33,30-19-8-3-9-20-30,31-21-10-4-11-22-31)32-23-12-5-13-24-32/h2-26H,1H3. The summed E-state index contributed by atoms with van der Waals surface area (Å²) < 4.78 is 6.23. The first-order chi connectivity index (χ1) is 17.1. The number of hydrogen-bond acceptors (Lipinski definition) is 1. The van der Waals surface area contributed by atoms with Crippen LogP contribution in [0.5, 0.6) is 11.5 Å². The molecule has 0 saturated carbocycles. The van der Waals surface area contributed by atoms with Gasteiger partial charge in [0.1, 0.15) is 0 Å². The van der Waals surface area contributed by atoms with Gasteiger partial charge in [-0.05, 0) is 0 Å². The van der Waals surface area contributed by atoms with E-state index >= 15 is 0 Å². The molecule has 5 aromatic rings. The molecular formula is C32H28BrOP. The fraction of sp³-hybridized carbons (Fsp3) is 0.0625. The first kappa shape index (κ1) is 23.5. The van der Waals surface area contributed by atoms with Crippen LogP contribution in [-0.4, -0.2) is 0 Å². The quantitative estimate of drug-likeness (QED) is 0.189. The maximum absolute atomic E-state index is 6.23. The predicted octanol–water partition coefficient (Wildman–Crippen LogP) is 8.38. The van der Waals surface area contributed by atoms with E-state index in [-0.39, 0.29) is 5.66 Å². The first-order valence-corrected chi connectivity index (χ1v) is 16.2. The van der Waals surface area contributed by atoms with Gasteiger partial charge in [0.25, 0.3) is 0 Å². The van der Waals surface area contributed by atoms with Crippen LogP contribution in [0.2, 0.25) is 0 Å². The molecule has 0 saturated heterocycles. The van der Waals surface area contributed by atoms with Gasteiger partial charge in [-0.3, -0.25) is 0 Å².